The molecule has 1 aliphatic rings. The van der Waals surface area contributed by atoms with Crippen molar-refractivity contribution in [3.63, 3.8) is 0 Å². The minimum atomic E-state index is 0.669. The molecule has 0 radical (unpaired) electrons. The molecule has 0 aliphatic carbocycles. The molecule has 0 saturated carbocycles. The Balaban J connectivity index is 1.84. The second kappa shape index (κ2) is 5.97. The Kier molecular flexibility index (Phi) is 4.31. The van der Waals surface area contributed by atoms with Crippen molar-refractivity contribution in [3.05, 3.63) is 29.6 Å². The maximum atomic E-state index is 4.12. The highest BCUT2D eigenvalue weighted by Crippen LogP contribution is 2.08. The van der Waals surface area contributed by atoms with Crippen LogP contribution >= 0.6 is 0 Å². The molecular weight excluding hydrogens is 198 g/mol. The minimum absolute atomic E-state index is 0.669. The van der Waals surface area contributed by atoms with Crippen LogP contribution in [0.15, 0.2) is 18.5 Å². The molecule has 1 fully saturated rings. The third-order valence-corrected chi connectivity index (χ3v) is 3.29. The van der Waals surface area contributed by atoms with Crippen LogP contribution in [0.3, 0.4) is 0 Å². The summed E-state index contributed by atoms with van der Waals surface area (Å²) in [6, 6.07) is 2.78. The number of pyridine rings is 1. The van der Waals surface area contributed by atoms with Gasteiger partial charge in [0.1, 0.15) is 0 Å². The zero-order valence-corrected chi connectivity index (χ0v) is 10.00. The number of hydrogen-bond donors (Lipinski definition) is 2. The van der Waals surface area contributed by atoms with Crippen molar-refractivity contribution >= 4 is 0 Å². The lowest BCUT2D eigenvalue weighted by atomic mass is 10.1. The van der Waals surface area contributed by atoms with Gasteiger partial charge in [-0.2, -0.15) is 0 Å². The molecule has 2 heterocycles. The normalized spacial score (nSPS) is 21.7. The maximum absolute atomic E-state index is 4.12. The van der Waals surface area contributed by atoms with Gasteiger partial charge in [0.05, 0.1) is 0 Å². The Morgan fingerprint density at radius 3 is 3.25 bits per heavy atom. The van der Waals surface area contributed by atoms with Crippen molar-refractivity contribution in [2.75, 3.05) is 13.1 Å². The van der Waals surface area contributed by atoms with E-state index in [4.69, 9.17) is 0 Å². The highest BCUT2D eigenvalue weighted by molar-refractivity contribution is 5.21. The van der Waals surface area contributed by atoms with Gasteiger partial charge < -0.3 is 10.6 Å². The van der Waals surface area contributed by atoms with Crippen molar-refractivity contribution in [3.8, 4) is 0 Å². The number of rotatable bonds is 3. The van der Waals surface area contributed by atoms with E-state index in [9.17, 15) is 0 Å². The van der Waals surface area contributed by atoms with E-state index in [2.05, 4.69) is 28.6 Å². The molecule has 1 aliphatic heterocycles. The average Bonchev–Trinajstić information content (AvgIpc) is 2.56. The van der Waals surface area contributed by atoms with Crippen molar-refractivity contribution in [2.24, 2.45) is 0 Å². The van der Waals surface area contributed by atoms with Gasteiger partial charge in [-0.15, -0.1) is 0 Å². The van der Waals surface area contributed by atoms with Crippen LogP contribution in [-0.2, 0) is 6.54 Å². The van der Waals surface area contributed by atoms with Crippen molar-refractivity contribution < 1.29 is 0 Å². The van der Waals surface area contributed by atoms with E-state index in [0.717, 1.165) is 13.1 Å². The van der Waals surface area contributed by atoms with E-state index < -0.39 is 0 Å². The van der Waals surface area contributed by atoms with Crippen LogP contribution < -0.4 is 10.6 Å². The van der Waals surface area contributed by atoms with Gasteiger partial charge in [-0.1, -0.05) is 0 Å². The Morgan fingerprint density at radius 1 is 1.44 bits per heavy atom. The third kappa shape index (κ3) is 3.29. The summed E-state index contributed by atoms with van der Waals surface area (Å²) in [6.07, 6.45) is 7.62. The zero-order valence-electron chi connectivity index (χ0n) is 10.00. The number of aromatic nitrogens is 1. The van der Waals surface area contributed by atoms with E-state index in [0.29, 0.717) is 6.04 Å². The Hall–Kier alpha value is -0.930. The smallest absolute Gasteiger partial charge is 0.0300 e. The quantitative estimate of drug-likeness (QED) is 0.811. The highest BCUT2D eigenvalue weighted by Gasteiger charge is 2.11. The Morgan fingerprint density at radius 2 is 2.38 bits per heavy atom. The van der Waals surface area contributed by atoms with Gasteiger partial charge in [-0.25, -0.2) is 0 Å². The van der Waals surface area contributed by atoms with Crippen LogP contribution in [0, 0.1) is 6.92 Å². The molecule has 2 N–H and O–H groups in total. The number of nitrogens with one attached hydrogen (secondary N) is 2. The summed E-state index contributed by atoms with van der Waals surface area (Å²) in [7, 11) is 0. The third-order valence-electron chi connectivity index (χ3n) is 3.29. The summed E-state index contributed by atoms with van der Waals surface area (Å²) < 4.78 is 0. The molecular formula is C13H21N3. The molecule has 1 atom stereocenters. The van der Waals surface area contributed by atoms with Crippen LogP contribution in [0.5, 0.6) is 0 Å². The molecule has 88 valence electrons. The van der Waals surface area contributed by atoms with Gasteiger partial charge in [-0.05, 0) is 56.5 Å². The first-order chi connectivity index (χ1) is 7.86. The highest BCUT2D eigenvalue weighted by atomic mass is 14.9. The molecule has 0 aromatic carbocycles. The van der Waals surface area contributed by atoms with Crippen LogP contribution in [0.4, 0.5) is 0 Å². The fraction of sp³-hybridized carbons (Fsp3) is 0.615. The molecule has 1 aromatic heterocycles. The monoisotopic (exact) mass is 219 g/mol. The minimum Gasteiger partial charge on any atom is -0.317 e. The van der Waals surface area contributed by atoms with Gasteiger partial charge in [0, 0.05) is 25.0 Å². The standard InChI is InChI=1S/C13H21N3/c1-11-9-15-7-4-12(11)10-16-13-3-2-6-14-8-5-13/h4,7,9,13-14,16H,2-3,5-6,8,10H2,1H3. The fourth-order valence-electron chi connectivity index (χ4n) is 2.18. The predicted octanol–water partition coefficient (Wildman–Crippen LogP) is 1.62. The van der Waals surface area contributed by atoms with Crippen molar-refractivity contribution in [2.45, 2.75) is 38.8 Å². The average molecular weight is 219 g/mol. The summed E-state index contributed by atoms with van der Waals surface area (Å²) in [5, 5.41) is 7.09. The van der Waals surface area contributed by atoms with E-state index in [1.54, 1.807) is 0 Å². The lowest BCUT2D eigenvalue weighted by Gasteiger charge is -2.16. The maximum Gasteiger partial charge on any atom is 0.0300 e. The Labute approximate surface area is 97.7 Å². The molecule has 3 nitrogen and oxygen atoms in total. The lowest BCUT2D eigenvalue weighted by Crippen LogP contribution is -2.29. The van der Waals surface area contributed by atoms with Crippen LogP contribution in [0.2, 0.25) is 0 Å². The molecule has 1 aromatic rings. The molecule has 0 amide bonds. The summed E-state index contributed by atoms with van der Waals surface area (Å²) in [4.78, 5) is 4.12. The SMILES string of the molecule is Cc1cnccc1CNC1CCCNCC1. The van der Waals surface area contributed by atoms with Crippen LogP contribution in [-0.4, -0.2) is 24.1 Å². The van der Waals surface area contributed by atoms with Crippen molar-refractivity contribution in [1.29, 1.82) is 0 Å². The molecule has 1 saturated heterocycles. The van der Waals surface area contributed by atoms with Crippen molar-refractivity contribution in [1.82, 2.24) is 15.6 Å². The molecule has 2 rings (SSSR count). The lowest BCUT2D eigenvalue weighted by molar-refractivity contribution is 0.468. The first kappa shape index (κ1) is 11.6. The largest absolute Gasteiger partial charge is 0.317 e. The van der Waals surface area contributed by atoms with Crippen LogP contribution in [0.25, 0.3) is 0 Å². The first-order valence-electron chi connectivity index (χ1n) is 6.20. The molecule has 0 spiro atoms. The number of aryl methyl sites for hydroxylation is 1. The topological polar surface area (TPSA) is 37.0 Å². The number of hydrogen-bond acceptors (Lipinski definition) is 3. The predicted molar refractivity (Wildman–Crippen MR) is 66.3 cm³/mol. The Bertz CT molecular complexity index is 317. The summed E-state index contributed by atoms with van der Waals surface area (Å²) in [5.41, 5.74) is 2.65. The molecule has 0 bridgehead atoms. The van der Waals surface area contributed by atoms with Crippen LogP contribution in [0.1, 0.15) is 30.4 Å². The van der Waals surface area contributed by atoms with Gasteiger partial charge in [0.2, 0.25) is 0 Å². The molecule has 3 heteroatoms. The summed E-state index contributed by atoms with van der Waals surface area (Å²) in [5.74, 6) is 0. The molecule has 1 unspecified atom stereocenters. The van der Waals surface area contributed by atoms with Gasteiger partial charge in [-0.3, -0.25) is 4.98 Å². The first-order valence-corrected chi connectivity index (χ1v) is 6.20. The number of nitrogens with zero attached hydrogens (tertiary/aromatic N) is 1. The van der Waals surface area contributed by atoms with E-state index in [1.807, 2.05) is 12.4 Å². The van der Waals surface area contributed by atoms with E-state index in [-0.39, 0.29) is 0 Å². The second-order valence-corrected chi connectivity index (χ2v) is 4.56. The van der Waals surface area contributed by atoms with Gasteiger partial charge >= 0.3 is 0 Å². The van der Waals surface area contributed by atoms with Gasteiger partial charge in [0.25, 0.3) is 0 Å². The second-order valence-electron chi connectivity index (χ2n) is 4.56. The molecule has 16 heavy (non-hydrogen) atoms. The fourth-order valence-corrected chi connectivity index (χ4v) is 2.18. The summed E-state index contributed by atoms with van der Waals surface area (Å²) >= 11 is 0. The van der Waals surface area contributed by atoms with Gasteiger partial charge in [0.15, 0.2) is 0 Å². The van der Waals surface area contributed by atoms with E-state index in [1.165, 1.54) is 36.9 Å². The van der Waals surface area contributed by atoms with E-state index >= 15 is 0 Å². The summed E-state index contributed by atoms with van der Waals surface area (Å²) in [6.45, 7) is 5.41. The zero-order chi connectivity index (χ0) is 11.2.